The van der Waals surface area contributed by atoms with Crippen molar-refractivity contribution >= 4 is 28.0 Å². The van der Waals surface area contributed by atoms with Gasteiger partial charge in [0.25, 0.3) is 0 Å². The van der Waals surface area contributed by atoms with Crippen LogP contribution in [0.4, 0.5) is 0 Å². The molecule has 0 spiro atoms. The van der Waals surface area contributed by atoms with Gasteiger partial charge in [0.05, 0.1) is 11.1 Å². The molecule has 316 valence electrons. The van der Waals surface area contributed by atoms with E-state index in [0.717, 1.165) is 22.4 Å². The largest absolute Gasteiger partial charge is 0.233 e. The summed E-state index contributed by atoms with van der Waals surface area (Å²) in [7, 11) is 0. The van der Waals surface area contributed by atoms with E-state index in [0.29, 0.717) is 11.5 Å². The molecule has 0 bridgehead atoms. The third-order valence-corrected chi connectivity index (χ3v) is 13.2. The summed E-state index contributed by atoms with van der Waals surface area (Å²) in [6, 6.07) is 73.1. The van der Waals surface area contributed by atoms with Crippen molar-refractivity contribution < 1.29 is 0 Å². The van der Waals surface area contributed by atoms with Gasteiger partial charge in [0.1, 0.15) is 0 Å². The number of amidine groups is 1. The molecule has 0 amide bonds. The van der Waals surface area contributed by atoms with Gasteiger partial charge in [-0.2, -0.15) is 0 Å². The van der Waals surface area contributed by atoms with Crippen molar-refractivity contribution in [3.05, 3.63) is 280 Å². The van der Waals surface area contributed by atoms with Crippen molar-refractivity contribution in [2.24, 2.45) is 9.98 Å². The van der Waals surface area contributed by atoms with Crippen molar-refractivity contribution in [1.29, 1.82) is 0 Å². The summed E-state index contributed by atoms with van der Waals surface area (Å²) in [6.45, 7) is 17.4. The molecule has 0 radical (unpaired) electrons. The summed E-state index contributed by atoms with van der Waals surface area (Å²) in [4.78, 5) is 10.0. The number of aryl methyl sites for hydroxylation is 5. The van der Waals surface area contributed by atoms with Crippen LogP contribution in [0.3, 0.4) is 0 Å². The van der Waals surface area contributed by atoms with Crippen molar-refractivity contribution in [2.45, 2.75) is 47.0 Å². The molecular formula is C63H54N2. The first-order chi connectivity index (χ1) is 31.7. The molecule has 0 heterocycles. The molecule has 10 rings (SSSR count). The van der Waals surface area contributed by atoms with Crippen LogP contribution in [0.15, 0.2) is 223 Å². The van der Waals surface area contributed by atoms with E-state index in [9.17, 15) is 0 Å². The fourth-order valence-electron chi connectivity index (χ4n) is 10.0. The van der Waals surface area contributed by atoms with Crippen LogP contribution in [-0.2, 0) is 5.41 Å². The number of nitrogens with zero attached hydrogens (tertiary/aromatic N) is 2. The highest BCUT2D eigenvalue weighted by Crippen LogP contribution is 2.58. The van der Waals surface area contributed by atoms with Crippen molar-refractivity contribution in [3.63, 3.8) is 0 Å². The highest BCUT2D eigenvalue weighted by atomic mass is 14.9. The quantitative estimate of drug-likeness (QED) is 0.113. The predicted octanol–water partition coefficient (Wildman–Crippen LogP) is 16.0. The fraction of sp³-hybridized carbons (Fsp3) is 0.111. The molecule has 2 nitrogen and oxygen atoms in total. The summed E-state index contributed by atoms with van der Waals surface area (Å²) in [5.74, 6) is 0.648. The average Bonchev–Trinajstić information content (AvgIpc) is 3.64. The topological polar surface area (TPSA) is 24.7 Å². The van der Waals surface area contributed by atoms with Gasteiger partial charge in [0.15, 0.2) is 5.84 Å². The zero-order chi connectivity index (χ0) is 45.1. The second-order valence-electron chi connectivity index (χ2n) is 17.2. The van der Waals surface area contributed by atoms with E-state index in [2.05, 4.69) is 194 Å². The van der Waals surface area contributed by atoms with Crippen molar-refractivity contribution in [2.75, 3.05) is 0 Å². The third-order valence-electron chi connectivity index (χ3n) is 13.2. The van der Waals surface area contributed by atoms with E-state index in [-0.39, 0.29) is 5.41 Å². The lowest BCUT2D eigenvalue weighted by molar-refractivity contribution is 0.753. The van der Waals surface area contributed by atoms with Gasteiger partial charge in [0, 0.05) is 16.8 Å². The minimum atomic E-state index is -0.283. The molecule has 1 aliphatic carbocycles. The van der Waals surface area contributed by atoms with E-state index < -0.39 is 0 Å². The molecule has 0 saturated heterocycles. The van der Waals surface area contributed by atoms with E-state index in [1.54, 1.807) is 0 Å². The highest BCUT2D eigenvalue weighted by Gasteiger charge is 2.47. The first-order valence-electron chi connectivity index (χ1n) is 22.5. The van der Waals surface area contributed by atoms with Gasteiger partial charge in [-0.1, -0.05) is 213 Å². The highest BCUT2D eigenvalue weighted by molar-refractivity contribution is 6.15. The predicted molar refractivity (Wildman–Crippen MR) is 277 cm³/mol. The molecule has 0 saturated carbocycles. The van der Waals surface area contributed by atoms with Crippen LogP contribution in [-0.4, -0.2) is 11.5 Å². The van der Waals surface area contributed by atoms with Gasteiger partial charge >= 0.3 is 0 Å². The van der Waals surface area contributed by atoms with Crippen LogP contribution in [0.2, 0.25) is 0 Å². The first-order valence-corrected chi connectivity index (χ1v) is 22.5. The molecule has 0 aromatic heterocycles. The molecule has 0 atom stereocenters. The Hall–Kier alpha value is -7.68. The zero-order valence-electron chi connectivity index (χ0n) is 38.2. The van der Waals surface area contributed by atoms with Crippen LogP contribution in [0, 0.1) is 34.6 Å². The minimum absolute atomic E-state index is 0.283. The molecule has 0 N–H and O–H groups in total. The molecular weight excluding hydrogens is 785 g/mol. The Balaban J connectivity index is 0.000000170. The smallest absolute Gasteiger partial charge is 0.160 e. The maximum Gasteiger partial charge on any atom is 0.160 e. The van der Waals surface area contributed by atoms with Crippen LogP contribution in [0.25, 0.3) is 38.7 Å². The molecule has 0 unspecified atom stereocenters. The van der Waals surface area contributed by atoms with E-state index in [1.165, 1.54) is 83.1 Å². The Kier molecular flexibility index (Phi) is 11.9. The zero-order valence-corrected chi connectivity index (χ0v) is 38.2. The van der Waals surface area contributed by atoms with Gasteiger partial charge in [0.2, 0.25) is 0 Å². The number of aliphatic imine (C=N–C) groups is 2. The molecule has 0 aliphatic heterocycles. The van der Waals surface area contributed by atoms with E-state index >= 15 is 0 Å². The van der Waals surface area contributed by atoms with Crippen LogP contribution >= 0.6 is 0 Å². The maximum atomic E-state index is 5.11. The van der Waals surface area contributed by atoms with E-state index in [1.807, 2.05) is 60.7 Å². The minimum Gasteiger partial charge on any atom is -0.233 e. The Morgan fingerprint density at radius 3 is 1.57 bits per heavy atom. The summed E-state index contributed by atoms with van der Waals surface area (Å²) in [5, 5.41) is 2.52. The summed E-state index contributed by atoms with van der Waals surface area (Å²) in [5.41, 5.74) is 21.6. The molecule has 65 heavy (non-hydrogen) atoms. The third kappa shape index (κ3) is 7.87. The number of fused-ring (bicyclic) bond motifs is 4. The Labute approximate surface area is 385 Å². The average molecular weight is 839 g/mol. The maximum absolute atomic E-state index is 5.11. The Bertz CT molecular complexity index is 3230. The number of benzene rings is 9. The second kappa shape index (κ2) is 18.2. The van der Waals surface area contributed by atoms with Crippen LogP contribution in [0.5, 0.6) is 0 Å². The Morgan fingerprint density at radius 1 is 0.400 bits per heavy atom. The number of hydrogen-bond acceptors (Lipinski definition) is 1. The molecule has 0 fully saturated rings. The SMILES string of the molecule is C=C(N=C(N=C(C)c1cccc(C)c1-c1ccc2ccccc2c1C)c1ccccc1)c1ccccc1.Cc1ccccc1C1(c2ccccc2C)c2ccccc2-c2c(C)cccc21. The summed E-state index contributed by atoms with van der Waals surface area (Å²) in [6.07, 6.45) is 0. The molecule has 2 heteroatoms. The first kappa shape index (κ1) is 42.6. The lowest BCUT2D eigenvalue weighted by Gasteiger charge is -2.36. The summed E-state index contributed by atoms with van der Waals surface area (Å²) >= 11 is 0. The number of hydrogen-bond donors (Lipinski definition) is 0. The fourth-order valence-corrected chi connectivity index (χ4v) is 10.0. The van der Waals surface area contributed by atoms with Gasteiger partial charge in [-0.3, -0.25) is 0 Å². The van der Waals surface area contributed by atoms with Crippen molar-refractivity contribution in [3.8, 4) is 22.3 Å². The van der Waals surface area contributed by atoms with Gasteiger partial charge in [-0.05, 0) is 130 Å². The molecule has 1 aliphatic rings. The number of rotatable bonds is 7. The monoisotopic (exact) mass is 838 g/mol. The molecule has 9 aromatic carbocycles. The lowest BCUT2D eigenvalue weighted by Crippen LogP contribution is -2.30. The van der Waals surface area contributed by atoms with Crippen LogP contribution < -0.4 is 0 Å². The van der Waals surface area contributed by atoms with Crippen LogP contribution in [0.1, 0.15) is 73.7 Å². The van der Waals surface area contributed by atoms with E-state index in [4.69, 9.17) is 9.98 Å². The normalized spacial score (nSPS) is 12.8. The van der Waals surface area contributed by atoms with Gasteiger partial charge < -0.3 is 0 Å². The second-order valence-corrected chi connectivity index (χ2v) is 17.2. The standard InChI is InChI=1S/C35H30N2.C28H24/c1-24-14-13-21-33(34(24)32-23-22-29-17-11-12-20-31(29)25(32)2)27(4)37-35(30-18-9-6-10-19-30)36-26(3)28-15-7-5-8-16-28;1-19-11-4-7-15-23(19)28(24-16-8-5-12-20(24)2)25-17-9-6-14-22(25)27-21(3)13-10-18-26(27)28/h5-23H,3H2,1-2,4H3;4-18H,1-3H3. The van der Waals surface area contributed by atoms with Gasteiger partial charge in [-0.15, -0.1) is 0 Å². The van der Waals surface area contributed by atoms with Crippen molar-refractivity contribution in [1.82, 2.24) is 0 Å². The lowest BCUT2D eigenvalue weighted by atomic mass is 9.65. The molecule has 9 aromatic rings. The Morgan fingerprint density at radius 2 is 0.908 bits per heavy atom. The summed E-state index contributed by atoms with van der Waals surface area (Å²) < 4.78 is 0. The van der Waals surface area contributed by atoms with Gasteiger partial charge in [-0.25, -0.2) is 9.98 Å².